The van der Waals surface area contributed by atoms with Crippen molar-refractivity contribution in [3.63, 3.8) is 0 Å². The van der Waals surface area contributed by atoms with E-state index in [1.807, 2.05) is 25.1 Å². The van der Waals surface area contributed by atoms with Gasteiger partial charge >= 0.3 is 0 Å². The van der Waals surface area contributed by atoms with E-state index in [2.05, 4.69) is 10.2 Å². The lowest BCUT2D eigenvalue weighted by atomic mass is 10.1. The lowest BCUT2D eigenvalue weighted by molar-refractivity contribution is 0.278. The summed E-state index contributed by atoms with van der Waals surface area (Å²) < 4.78 is 0. The van der Waals surface area contributed by atoms with E-state index in [-0.39, 0.29) is 6.61 Å². The fraction of sp³-hybridized carbons (Fsp3) is 0.222. The van der Waals surface area contributed by atoms with Crippen molar-refractivity contribution in [3.8, 4) is 0 Å². The summed E-state index contributed by atoms with van der Waals surface area (Å²) in [6, 6.07) is 5.90. The Bertz CT molecular complexity index is 406. The van der Waals surface area contributed by atoms with Crippen molar-refractivity contribution >= 4 is 10.9 Å². The predicted molar refractivity (Wildman–Crippen MR) is 46.8 cm³/mol. The van der Waals surface area contributed by atoms with Gasteiger partial charge in [0.2, 0.25) is 0 Å². The van der Waals surface area contributed by atoms with Crippen molar-refractivity contribution in [2.75, 3.05) is 0 Å². The number of H-pyrrole nitrogens is 1. The molecule has 12 heavy (non-hydrogen) atoms. The quantitative estimate of drug-likeness (QED) is 0.665. The lowest BCUT2D eigenvalue weighted by Gasteiger charge is -1.95. The number of hydrogen-bond donors (Lipinski definition) is 2. The second-order valence-electron chi connectivity index (χ2n) is 2.83. The zero-order chi connectivity index (χ0) is 8.55. The van der Waals surface area contributed by atoms with Crippen molar-refractivity contribution < 1.29 is 5.11 Å². The number of fused-ring (bicyclic) bond motifs is 1. The summed E-state index contributed by atoms with van der Waals surface area (Å²) >= 11 is 0. The van der Waals surface area contributed by atoms with Crippen molar-refractivity contribution in [1.82, 2.24) is 10.2 Å². The SMILES string of the molecule is Cc1cccc2n[nH]c(CO)c12. The molecule has 0 amide bonds. The summed E-state index contributed by atoms with van der Waals surface area (Å²) in [6.07, 6.45) is 0. The minimum absolute atomic E-state index is 0.0152. The van der Waals surface area contributed by atoms with Gasteiger partial charge in [0.15, 0.2) is 0 Å². The zero-order valence-corrected chi connectivity index (χ0v) is 6.83. The maximum Gasteiger partial charge on any atom is 0.0927 e. The molecule has 0 saturated carbocycles. The van der Waals surface area contributed by atoms with Crippen LogP contribution < -0.4 is 0 Å². The molecular formula is C9H10N2O. The minimum Gasteiger partial charge on any atom is -0.390 e. The Kier molecular flexibility index (Phi) is 1.59. The van der Waals surface area contributed by atoms with Crippen LogP contribution in [0.4, 0.5) is 0 Å². The average molecular weight is 162 g/mol. The van der Waals surface area contributed by atoms with E-state index in [0.717, 1.165) is 22.2 Å². The van der Waals surface area contributed by atoms with Gasteiger partial charge in [0, 0.05) is 5.39 Å². The second kappa shape index (κ2) is 2.60. The second-order valence-corrected chi connectivity index (χ2v) is 2.83. The van der Waals surface area contributed by atoms with Gasteiger partial charge in [0.05, 0.1) is 17.8 Å². The Balaban J connectivity index is 2.83. The van der Waals surface area contributed by atoms with E-state index < -0.39 is 0 Å². The number of aliphatic hydroxyl groups excluding tert-OH is 1. The Morgan fingerprint density at radius 2 is 2.33 bits per heavy atom. The van der Waals surface area contributed by atoms with E-state index in [1.165, 1.54) is 0 Å². The van der Waals surface area contributed by atoms with Gasteiger partial charge in [-0.3, -0.25) is 5.10 Å². The third-order valence-electron chi connectivity index (χ3n) is 2.02. The summed E-state index contributed by atoms with van der Waals surface area (Å²) in [7, 11) is 0. The molecule has 0 saturated heterocycles. The highest BCUT2D eigenvalue weighted by atomic mass is 16.3. The van der Waals surface area contributed by atoms with E-state index in [9.17, 15) is 0 Å². The molecule has 2 aromatic rings. The molecule has 62 valence electrons. The van der Waals surface area contributed by atoms with Crippen LogP contribution in [-0.4, -0.2) is 15.3 Å². The summed E-state index contributed by atoms with van der Waals surface area (Å²) in [5.74, 6) is 0. The number of aryl methyl sites for hydroxylation is 1. The van der Waals surface area contributed by atoms with Crippen LogP contribution in [0.15, 0.2) is 18.2 Å². The molecule has 3 heteroatoms. The number of nitrogens with one attached hydrogen (secondary N) is 1. The molecule has 1 aromatic heterocycles. The van der Waals surface area contributed by atoms with Crippen molar-refractivity contribution in [2.24, 2.45) is 0 Å². The first-order chi connectivity index (χ1) is 5.83. The largest absolute Gasteiger partial charge is 0.390 e. The minimum atomic E-state index is 0.0152. The Hall–Kier alpha value is -1.35. The fourth-order valence-corrected chi connectivity index (χ4v) is 1.44. The number of rotatable bonds is 1. The average Bonchev–Trinajstić information content (AvgIpc) is 2.49. The molecule has 0 aliphatic carbocycles. The molecule has 3 nitrogen and oxygen atoms in total. The molecule has 0 fully saturated rings. The molecule has 0 aliphatic rings. The van der Waals surface area contributed by atoms with E-state index in [1.54, 1.807) is 0 Å². The van der Waals surface area contributed by atoms with Crippen molar-refractivity contribution in [1.29, 1.82) is 0 Å². The molecule has 0 atom stereocenters. The number of aliphatic hydroxyl groups is 1. The Labute approximate surface area is 70.0 Å². The van der Waals surface area contributed by atoms with Gasteiger partial charge in [-0.1, -0.05) is 12.1 Å². The predicted octanol–water partition coefficient (Wildman–Crippen LogP) is 1.36. The highest BCUT2D eigenvalue weighted by molar-refractivity contribution is 5.84. The highest BCUT2D eigenvalue weighted by Gasteiger charge is 2.04. The van der Waals surface area contributed by atoms with Gasteiger partial charge in [0.25, 0.3) is 0 Å². The molecule has 1 aromatic carbocycles. The van der Waals surface area contributed by atoms with Crippen LogP contribution in [0.3, 0.4) is 0 Å². The zero-order valence-electron chi connectivity index (χ0n) is 6.83. The number of aromatic nitrogens is 2. The van der Waals surface area contributed by atoms with Crippen LogP contribution in [0.5, 0.6) is 0 Å². The van der Waals surface area contributed by atoms with Crippen LogP contribution in [-0.2, 0) is 6.61 Å². The first-order valence-electron chi connectivity index (χ1n) is 3.86. The molecule has 0 bridgehead atoms. The first kappa shape index (κ1) is 7.31. The molecular weight excluding hydrogens is 152 g/mol. The van der Waals surface area contributed by atoms with Gasteiger partial charge in [0.1, 0.15) is 0 Å². The lowest BCUT2D eigenvalue weighted by Crippen LogP contribution is -1.84. The number of nitrogens with zero attached hydrogens (tertiary/aromatic N) is 1. The molecule has 2 N–H and O–H groups in total. The van der Waals surface area contributed by atoms with E-state index >= 15 is 0 Å². The summed E-state index contributed by atoms with van der Waals surface area (Å²) in [5, 5.41) is 16.9. The molecule has 1 heterocycles. The third kappa shape index (κ3) is 0.905. The topological polar surface area (TPSA) is 48.9 Å². The van der Waals surface area contributed by atoms with Crippen molar-refractivity contribution in [3.05, 3.63) is 29.5 Å². The van der Waals surface area contributed by atoms with Gasteiger partial charge in [-0.15, -0.1) is 0 Å². The van der Waals surface area contributed by atoms with Crippen LogP contribution in [0.25, 0.3) is 10.9 Å². The third-order valence-corrected chi connectivity index (χ3v) is 2.02. The summed E-state index contributed by atoms with van der Waals surface area (Å²) in [6.45, 7) is 2.03. The smallest absolute Gasteiger partial charge is 0.0927 e. The molecule has 0 unspecified atom stereocenters. The van der Waals surface area contributed by atoms with Crippen molar-refractivity contribution in [2.45, 2.75) is 13.5 Å². The fourth-order valence-electron chi connectivity index (χ4n) is 1.44. The Morgan fingerprint density at radius 3 is 3.08 bits per heavy atom. The normalized spacial score (nSPS) is 10.8. The standard InChI is InChI=1S/C9H10N2O/c1-6-3-2-4-7-9(6)8(5-12)11-10-7/h2-4,12H,5H2,1H3,(H,10,11). The molecule has 0 radical (unpaired) electrons. The van der Waals surface area contributed by atoms with Crippen LogP contribution >= 0.6 is 0 Å². The molecule has 2 rings (SSSR count). The maximum atomic E-state index is 8.98. The monoisotopic (exact) mass is 162 g/mol. The van der Waals surface area contributed by atoms with Crippen LogP contribution in [0, 0.1) is 6.92 Å². The van der Waals surface area contributed by atoms with E-state index in [4.69, 9.17) is 5.11 Å². The van der Waals surface area contributed by atoms with Gasteiger partial charge < -0.3 is 5.11 Å². The molecule has 0 spiro atoms. The number of benzene rings is 1. The van der Waals surface area contributed by atoms with Crippen LogP contribution in [0.1, 0.15) is 11.3 Å². The van der Waals surface area contributed by atoms with Gasteiger partial charge in [-0.25, -0.2) is 0 Å². The number of aromatic amines is 1. The van der Waals surface area contributed by atoms with Gasteiger partial charge in [-0.05, 0) is 18.6 Å². The Morgan fingerprint density at radius 1 is 1.50 bits per heavy atom. The highest BCUT2D eigenvalue weighted by Crippen LogP contribution is 2.19. The number of hydrogen-bond acceptors (Lipinski definition) is 2. The van der Waals surface area contributed by atoms with Crippen LogP contribution in [0.2, 0.25) is 0 Å². The first-order valence-corrected chi connectivity index (χ1v) is 3.86. The maximum absolute atomic E-state index is 8.98. The van der Waals surface area contributed by atoms with Gasteiger partial charge in [-0.2, -0.15) is 5.10 Å². The van der Waals surface area contributed by atoms with E-state index in [0.29, 0.717) is 0 Å². The summed E-state index contributed by atoms with van der Waals surface area (Å²) in [4.78, 5) is 0. The summed E-state index contributed by atoms with van der Waals surface area (Å²) in [5.41, 5.74) is 2.85. The molecule has 0 aliphatic heterocycles.